The van der Waals surface area contributed by atoms with E-state index < -0.39 is 23.3 Å². The number of halogens is 1. The summed E-state index contributed by atoms with van der Waals surface area (Å²) < 4.78 is 19.7. The maximum absolute atomic E-state index is 13.8. The Morgan fingerprint density at radius 1 is 1.29 bits per heavy atom. The molecule has 1 N–H and O–H groups in total. The molecule has 0 unspecified atom stereocenters. The highest BCUT2D eigenvalue weighted by Crippen LogP contribution is 2.31. The monoisotopic (exact) mass is 439 g/mol. The summed E-state index contributed by atoms with van der Waals surface area (Å²) in [6.45, 7) is 1.74. The van der Waals surface area contributed by atoms with Crippen molar-refractivity contribution in [1.82, 2.24) is 19.7 Å². The number of carbonyl (C=O) groups excluding carboxylic acids is 2. The minimum absolute atomic E-state index is 0.0459. The van der Waals surface area contributed by atoms with Crippen LogP contribution in [0.25, 0.3) is 16.5 Å². The van der Waals surface area contributed by atoms with Gasteiger partial charge < -0.3 is 10.1 Å². The molecule has 9 nitrogen and oxygen atoms in total. The first-order valence-corrected chi connectivity index (χ1v) is 9.92. The molecule has 0 aliphatic heterocycles. The Morgan fingerprint density at radius 3 is 2.84 bits per heavy atom. The van der Waals surface area contributed by atoms with Crippen LogP contribution in [0.1, 0.15) is 27.9 Å². The third-order valence-corrected chi connectivity index (χ3v) is 5.09. The molecule has 0 aliphatic carbocycles. The molecule has 4 aromatic rings. The number of hydrogen-bond acceptors (Lipinski definition) is 8. The largest absolute Gasteiger partial charge is 0.461 e. The van der Waals surface area contributed by atoms with Crippen molar-refractivity contribution < 1.29 is 18.7 Å². The van der Waals surface area contributed by atoms with Crippen molar-refractivity contribution in [2.24, 2.45) is 0 Å². The first-order chi connectivity index (χ1) is 15.0. The predicted molar refractivity (Wildman–Crippen MR) is 111 cm³/mol. The van der Waals surface area contributed by atoms with Crippen LogP contribution in [0.5, 0.6) is 0 Å². The van der Waals surface area contributed by atoms with E-state index in [0.717, 1.165) is 22.1 Å². The highest BCUT2D eigenvalue weighted by atomic mass is 32.1. The van der Waals surface area contributed by atoms with Crippen molar-refractivity contribution in [3.05, 3.63) is 75.8 Å². The molecule has 156 valence electrons. The number of amides is 1. The highest BCUT2D eigenvalue weighted by Gasteiger charge is 2.23. The summed E-state index contributed by atoms with van der Waals surface area (Å²) in [6, 6.07) is 5.22. The van der Waals surface area contributed by atoms with E-state index in [1.165, 1.54) is 42.2 Å². The third kappa shape index (κ3) is 3.90. The Kier molecular flexibility index (Phi) is 5.50. The van der Waals surface area contributed by atoms with E-state index >= 15 is 0 Å². The maximum atomic E-state index is 13.8. The number of carbonyl (C=O) groups is 2. The first kappa shape index (κ1) is 20.3. The molecule has 0 bridgehead atoms. The lowest BCUT2D eigenvalue weighted by molar-refractivity contribution is 0.0520. The van der Waals surface area contributed by atoms with Crippen molar-refractivity contribution in [2.45, 2.75) is 6.92 Å². The number of anilines is 1. The van der Waals surface area contributed by atoms with Gasteiger partial charge in [0.25, 0.3) is 11.5 Å². The van der Waals surface area contributed by atoms with Crippen LogP contribution in [0.15, 0.2) is 53.0 Å². The van der Waals surface area contributed by atoms with Crippen molar-refractivity contribution in [3.8, 4) is 5.69 Å². The van der Waals surface area contributed by atoms with Crippen LogP contribution in [-0.4, -0.2) is 38.2 Å². The van der Waals surface area contributed by atoms with Gasteiger partial charge in [0.15, 0.2) is 5.69 Å². The summed E-state index contributed by atoms with van der Waals surface area (Å²) in [5.74, 6) is -1.91. The zero-order valence-corrected chi connectivity index (χ0v) is 16.9. The Labute approximate surface area is 178 Å². The van der Waals surface area contributed by atoms with Crippen molar-refractivity contribution >= 4 is 39.0 Å². The number of ether oxygens (including phenoxy) is 1. The third-order valence-electron chi connectivity index (χ3n) is 4.20. The summed E-state index contributed by atoms with van der Waals surface area (Å²) in [5, 5.41) is 8.71. The summed E-state index contributed by atoms with van der Waals surface area (Å²) in [5.41, 5.74) is -0.592. The molecular weight excluding hydrogens is 425 g/mol. The van der Waals surface area contributed by atoms with Crippen LogP contribution in [0, 0.1) is 5.82 Å². The van der Waals surface area contributed by atoms with Gasteiger partial charge in [-0.25, -0.2) is 14.2 Å². The molecule has 0 saturated heterocycles. The van der Waals surface area contributed by atoms with Crippen LogP contribution < -0.4 is 10.9 Å². The second-order valence-corrected chi connectivity index (χ2v) is 7.04. The second kappa shape index (κ2) is 8.40. The number of rotatable bonds is 5. The van der Waals surface area contributed by atoms with E-state index in [0.29, 0.717) is 0 Å². The Morgan fingerprint density at radius 2 is 2.13 bits per heavy atom. The quantitative estimate of drug-likeness (QED) is 0.475. The van der Waals surface area contributed by atoms with Crippen LogP contribution in [0.4, 0.5) is 9.39 Å². The number of nitrogens with one attached hydrogen (secondary N) is 1. The van der Waals surface area contributed by atoms with E-state index in [-0.39, 0.29) is 39.5 Å². The number of nitrogens with zero attached hydrogens (tertiary/aromatic N) is 4. The fraction of sp³-hybridized carbons (Fsp3) is 0.100. The van der Waals surface area contributed by atoms with Gasteiger partial charge in [-0.3, -0.25) is 14.6 Å². The average Bonchev–Trinajstić information content (AvgIpc) is 3.19. The van der Waals surface area contributed by atoms with E-state index in [1.807, 2.05) is 0 Å². The molecule has 1 amide bonds. The van der Waals surface area contributed by atoms with Crippen molar-refractivity contribution in [2.75, 3.05) is 11.9 Å². The van der Waals surface area contributed by atoms with E-state index in [2.05, 4.69) is 20.4 Å². The zero-order valence-electron chi connectivity index (χ0n) is 16.0. The topological polar surface area (TPSA) is 116 Å². The normalized spacial score (nSPS) is 10.8. The minimum atomic E-state index is -0.748. The number of esters is 1. The molecule has 3 heterocycles. The van der Waals surface area contributed by atoms with Gasteiger partial charge in [0.1, 0.15) is 16.5 Å². The summed E-state index contributed by atoms with van der Waals surface area (Å²) in [4.78, 5) is 46.0. The summed E-state index contributed by atoms with van der Waals surface area (Å²) in [6.07, 6.45) is 4.06. The first-order valence-electron chi connectivity index (χ1n) is 9.04. The molecule has 11 heteroatoms. The zero-order chi connectivity index (χ0) is 22.0. The van der Waals surface area contributed by atoms with Gasteiger partial charge in [0.05, 0.1) is 23.9 Å². The van der Waals surface area contributed by atoms with Gasteiger partial charge in [-0.2, -0.15) is 9.78 Å². The lowest BCUT2D eigenvalue weighted by Crippen LogP contribution is -2.25. The molecule has 4 rings (SSSR count). The number of benzene rings is 1. The van der Waals surface area contributed by atoms with Crippen molar-refractivity contribution in [3.63, 3.8) is 0 Å². The second-order valence-electron chi connectivity index (χ2n) is 6.16. The number of hydrogen-bond donors (Lipinski definition) is 1. The van der Waals surface area contributed by atoms with E-state index in [9.17, 15) is 18.8 Å². The number of thiophene rings is 1. The van der Waals surface area contributed by atoms with Crippen LogP contribution >= 0.6 is 11.3 Å². The number of fused-ring (bicyclic) bond motifs is 1. The van der Waals surface area contributed by atoms with Gasteiger partial charge in [-0.1, -0.05) is 6.07 Å². The molecular formula is C20H14FN5O4S. The molecule has 0 saturated carbocycles. The fourth-order valence-electron chi connectivity index (χ4n) is 2.86. The smallest absolute Gasteiger partial charge is 0.359 e. The van der Waals surface area contributed by atoms with Crippen molar-refractivity contribution in [1.29, 1.82) is 0 Å². The van der Waals surface area contributed by atoms with Gasteiger partial charge in [-0.05, 0) is 25.1 Å². The molecule has 0 spiro atoms. The Hall–Kier alpha value is -3.99. The molecule has 0 radical (unpaired) electrons. The Balaban J connectivity index is 1.90. The fourth-order valence-corrected chi connectivity index (χ4v) is 3.79. The summed E-state index contributed by atoms with van der Waals surface area (Å²) in [7, 11) is 0. The van der Waals surface area contributed by atoms with Gasteiger partial charge in [0.2, 0.25) is 0 Å². The Bertz CT molecular complexity index is 1350. The van der Waals surface area contributed by atoms with Gasteiger partial charge in [-0.15, -0.1) is 11.3 Å². The molecule has 0 aliphatic rings. The highest BCUT2D eigenvalue weighted by molar-refractivity contribution is 7.16. The van der Waals surface area contributed by atoms with Crippen LogP contribution in [-0.2, 0) is 4.74 Å². The molecule has 0 atom stereocenters. The van der Waals surface area contributed by atoms with E-state index in [1.54, 1.807) is 6.92 Å². The van der Waals surface area contributed by atoms with Crippen LogP contribution in [0.2, 0.25) is 0 Å². The standard InChI is InChI=1S/C20H14FN5O4S/c1-2-30-20(29)16-13-10-31-18(24-17(27)14-9-22-6-7-23-14)15(13)19(28)26(25-16)12-5-3-4-11(21)8-12/h3-10H,2H2,1H3,(H,24,27). The number of aromatic nitrogens is 4. The lowest BCUT2D eigenvalue weighted by atomic mass is 10.2. The molecule has 1 aromatic carbocycles. The predicted octanol–water partition coefficient (Wildman–Crippen LogP) is 2.81. The molecule has 0 fully saturated rings. The molecule has 3 aromatic heterocycles. The van der Waals surface area contributed by atoms with E-state index in [4.69, 9.17) is 4.74 Å². The maximum Gasteiger partial charge on any atom is 0.359 e. The SMILES string of the molecule is CCOC(=O)c1nn(-c2cccc(F)c2)c(=O)c2c(NC(=O)c3cnccn3)scc12. The van der Waals surface area contributed by atoms with Crippen LogP contribution in [0.3, 0.4) is 0 Å². The average molecular weight is 439 g/mol. The minimum Gasteiger partial charge on any atom is -0.461 e. The van der Waals surface area contributed by atoms with Gasteiger partial charge in [0, 0.05) is 23.2 Å². The molecule has 31 heavy (non-hydrogen) atoms. The van der Waals surface area contributed by atoms with Gasteiger partial charge >= 0.3 is 5.97 Å². The summed E-state index contributed by atoms with van der Waals surface area (Å²) >= 11 is 1.04. The lowest BCUT2D eigenvalue weighted by Gasteiger charge is -2.10.